The van der Waals surface area contributed by atoms with Crippen LogP contribution in [0, 0.1) is 12.7 Å². The molecule has 104 valence electrons. The molecule has 0 bridgehead atoms. The van der Waals surface area contributed by atoms with Crippen LogP contribution in [0.2, 0.25) is 0 Å². The lowest BCUT2D eigenvalue weighted by molar-refractivity contribution is -0.126. The van der Waals surface area contributed by atoms with Crippen molar-refractivity contribution in [2.45, 2.75) is 24.8 Å². The minimum atomic E-state index is -4.00. The maximum absolute atomic E-state index is 13.7. The third-order valence-electron chi connectivity index (χ3n) is 3.12. The standard InChI is InChI=1S/C12H15FN2O3S/c1-8-3-4-10(13)11(7-8)19(17,18)15-6-5-14-12(16)9(15)2/h3-4,7,9H,5-6H2,1-2H3,(H,14,16). The third-order valence-corrected chi connectivity index (χ3v) is 5.10. The first-order valence-corrected chi connectivity index (χ1v) is 7.34. The minimum Gasteiger partial charge on any atom is -0.353 e. The van der Waals surface area contributed by atoms with Crippen LogP contribution < -0.4 is 5.32 Å². The summed E-state index contributed by atoms with van der Waals surface area (Å²) in [5, 5.41) is 2.57. The van der Waals surface area contributed by atoms with Crippen molar-refractivity contribution >= 4 is 15.9 Å². The molecular weight excluding hydrogens is 271 g/mol. The lowest BCUT2D eigenvalue weighted by Gasteiger charge is -2.31. The third kappa shape index (κ3) is 2.48. The van der Waals surface area contributed by atoms with E-state index in [9.17, 15) is 17.6 Å². The fourth-order valence-corrected chi connectivity index (χ4v) is 3.77. The number of halogens is 1. The Morgan fingerprint density at radius 2 is 2.11 bits per heavy atom. The Bertz CT molecular complexity index is 615. The molecular formula is C12H15FN2O3S. The molecule has 0 spiro atoms. The van der Waals surface area contributed by atoms with Crippen LogP contribution in [-0.4, -0.2) is 37.8 Å². The fourth-order valence-electron chi connectivity index (χ4n) is 2.02. The second-order valence-electron chi connectivity index (χ2n) is 4.52. The number of carbonyl (C=O) groups is 1. The number of aryl methyl sites for hydroxylation is 1. The molecule has 1 aliphatic heterocycles. The van der Waals surface area contributed by atoms with Crippen LogP contribution in [0.5, 0.6) is 0 Å². The van der Waals surface area contributed by atoms with Crippen molar-refractivity contribution in [1.82, 2.24) is 9.62 Å². The van der Waals surface area contributed by atoms with Gasteiger partial charge in [0.2, 0.25) is 15.9 Å². The highest BCUT2D eigenvalue weighted by atomic mass is 32.2. The molecule has 1 fully saturated rings. The van der Waals surface area contributed by atoms with E-state index in [4.69, 9.17) is 0 Å². The van der Waals surface area contributed by atoms with E-state index in [-0.39, 0.29) is 23.9 Å². The van der Waals surface area contributed by atoms with E-state index in [0.29, 0.717) is 5.56 Å². The molecule has 0 aromatic heterocycles. The topological polar surface area (TPSA) is 66.5 Å². The Morgan fingerprint density at radius 1 is 1.42 bits per heavy atom. The predicted octanol–water partition coefficient (Wildman–Crippen LogP) is 0.643. The summed E-state index contributed by atoms with van der Waals surface area (Å²) in [6, 6.07) is 3.07. The van der Waals surface area contributed by atoms with Gasteiger partial charge in [-0.2, -0.15) is 4.31 Å². The molecule has 7 heteroatoms. The minimum absolute atomic E-state index is 0.141. The number of benzene rings is 1. The summed E-state index contributed by atoms with van der Waals surface area (Å²) in [7, 11) is -4.00. The number of rotatable bonds is 2. The number of carbonyl (C=O) groups excluding carboxylic acids is 1. The van der Waals surface area contributed by atoms with E-state index in [1.54, 1.807) is 6.92 Å². The summed E-state index contributed by atoms with van der Waals surface area (Å²) in [6.07, 6.45) is 0. The van der Waals surface area contributed by atoms with Crippen molar-refractivity contribution in [1.29, 1.82) is 0 Å². The van der Waals surface area contributed by atoms with Gasteiger partial charge in [-0.1, -0.05) is 6.07 Å². The van der Waals surface area contributed by atoms with E-state index in [1.165, 1.54) is 19.1 Å². The summed E-state index contributed by atoms with van der Waals surface area (Å²) < 4.78 is 39.6. The summed E-state index contributed by atoms with van der Waals surface area (Å²) in [4.78, 5) is 11.1. The Kier molecular flexibility index (Phi) is 3.60. The van der Waals surface area contributed by atoms with Crippen LogP contribution >= 0.6 is 0 Å². The fraction of sp³-hybridized carbons (Fsp3) is 0.417. The van der Waals surface area contributed by atoms with Crippen molar-refractivity contribution in [2.24, 2.45) is 0 Å². The highest BCUT2D eigenvalue weighted by Crippen LogP contribution is 2.23. The first kappa shape index (κ1) is 14.0. The molecule has 1 unspecified atom stereocenters. The average molecular weight is 286 g/mol. The maximum atomic E-state index is 13.7. The van der Waals surface area contributed by atoms with Crippen molar-refractivity contribution < 1.29 is 17.6 Å². The normalized spacial score (nSPS) is 21.2. The molecule has 19 heavy (non-hydrogen) atoms. The second kappa shape index (κ2) is 4.90. The highest BCUT2D eigenvalue weighted by molar-refractivity contribution is 7.89. The molecule has 0 saturated carbocycles. The van der Waals surface area contributed by atoms with Gasteiger partial charge < -0.3 is 5.32 Å². The smallest absolute Gasteiger partial charge is 0.246 e. The van der Waals surface area contributed by atoms with Gasteiger partial charge in [0.25, 0.3) is 0 Å². The second-order valence-corrected chi connectivity index (χ2v) is 6.38. The first-order valence-electron chi connectivity index (χ1n) is 5.90. The number of hydrogen-bond acceptors (Lipinski definition) is 3. The predicted molar refractivity (Wildman–Crippen MR) is 67.5 cm³/mol. The summed E-state index contributed by atoms with van der Waals surface area (Å²) in [5.41, 5.74) is 0.647. The van der Waals surface area contributed by atoms with Gasteiger partial charge in [0.15, 0.2) is 0 Å². The van der Waals surface area contributed by atoms with Crippen LogP contribution in [0.25, 0.3) is 0 Å². The van der Waals surface area contributed by atoms with Gasteiger partial charge in [-0.3, -0.25) is 4.79 Å². The maximum Gasteiger partial charge on any atom is 0.246 e. The molecule has 0 radical (unpaired) electrons. The summed E-state index contributed by atoms with van der Waals surface area (Å²) in [6.45, 7) is 3.54. The van der Waals surface area contributed by atoms with Crippen molar-refractivity contribution in [2.75, 3.05) is 13.1 Å². The lowest BCUT2D eigenvalue weighted by atomic mass is 10.2. The van der Waals surface area contributed by atoms with Gasteiger partial charge in [-0.15, -0.1) is 0 Å². The molecule has 1 aromatic carbocycles. The number of nitrogens with one attached hydrogen (secondary N) is 1. The number of sulfonamides is 1. The van der Waals surface area contributed by atoms with E-state index in [1.807, 2.05) is 0 Å². The Morgan fingerprint density at radius 3 is 2.79 bits per heavy atom. The molecule has 1 atom stereocenters. The van der Waals surface area contributed by atoms with E-state index in [2.05, 4.69) is 5.32 Å². The average Bonchev–Trinajstić information content (AvgIpc) is 2.35. The van der Waals surface area contributed by atoms with Crippen molar-refractivity contribution in [3.8, 4) is 0 Å². The van der Waals surface area contributed by atoms with Crippen LogP contribution in [0.15, 0.2) is 23.1 Å². The van der Waals surface area contributed by atoms with Crippen LogP contribution in [0.4, 0.5) is 4.39 Å². The Hall–Kier alpha value is -1.47. The van der Waals surface area contributed by atoms with Gasteiger partial charge >= 0.3 is 0 Å². The van der Waals surface area contributed by atoms with Gasteiger partial charge in [-0.25, -0.2) is 12.8 Å². The number of amides is 1. The highest BCUT2D eigenvalue weighted by Gasteiger charge is 2.36. The van der Waals surface area contributed by atoms with E-state index in [0.717, 1.165) is 10.4 Å². The van der Waals surface area contributed by atoms with Gasteiger partial charge in [0.05, 0.1) is 0 Å². The number of nitrogens with zero attached hydrogens (tertiary/aromatic N) is 1. The van der Waals surface area contributed by atoms with Crippen LogP contribution in [0.1, 0.15) is 12.5 Å². The van der Waals surface area contributed by atoms with Crippen LogP contribution in [-0.2, 0) is 14.8 Å². The van der Waals surface area contributed by atoms with Gasteiger partial charge in [0, 0.05) is 13.1 Å². The molecule has 1 saturated heterocycles. The van der Waals surface area contributed by atoms with Crippen molar-refractivity contribution in [3.05, 3.63) is 29.6 Å². The largest absolute Gasteiger partial charge is 0.353 e. The lowest BCUT2D eigenvalue weighted by Crippen LogP contribution is -2.55. The molecule has 5 nitrogen and oxygen atoms in total. The first-order chi connectivity index (χ1) is 8.84. The van der Waals surface area contributed by atoms with E-state index < -0.39 is 21.9 Å². The summed E-state index contributed by atoms with van der Waals surface area (Å²) >= 11 is 0. The SMILES string of the molecule is Cc1ccc(F)c(S(=O)(=O)N2CCNC(=O)C2C)c1. The van der Waals surface area contributed by atoms with Gasteiger partial charge in [-0.05, 0) is 31.5 Å². The molecule has 1 N–H and O–H groups in total. The number of piperazine rings is 1. The van der Waals surface area contributed by atoms with Crippen LogP contribution in [0.3, 0.4) is 0 Å². The quantitative estimate of drug-likeness (QED) is 0.868. The zero-order chi connectivity index (χ0) is 14.2. The zero-order valence-corrected chi connectivity index (χ0v) is 11.5. The molecule has 1 aliphatic rings. The zero-order valence-electron chi connectivity index (χ0n) is 10.7. The molecule has 1 amide bonds. The molecule has 1 heterocycles. The molecule has 1 aromatic rings. The monoisotopic (exact) mass is 286 g/mol. The van der Waals surface area contributed by atoms with Crippen molar-refractivity contribution in [3.63, 3.8) is 0 Å². The van der Waals surface area contributed by atoms with Gasteiger partial charge in [0.1, 0.15) is 16.8 Å². The summed E-state index contributed by atoms with van der Waals surface area (Å²) in [5.74, 6) is -1.17. The van der Waals surface area contributed by atoms with E-state index >= 15 is 0 Å². The number of hydrogen-bond donors (Lipinski definition) is 1. The Balaban J connectivity index is 2.47. The molecule has 2 rings (SSSR count). The Labute approximate surface area is 111 Å². The molecule has 0 aliphatic carbocycles.